The first-order chi connectivity index (χ1) is 37.9. The summed E-state index contributed by atoms with van der Waals surface area (Å²) in [6.45, 7) is 4.77. The first-order valence-electron chi connectivity index (χ1n) is 26.6. The molecule has 13 rings (SSSR count). The molecular weight excluding hydrogens is 929 g/mol. The molecule has 1 aliphatic rings. The van der Waals surface area contributed by atoms with E-state index >= 15 is 0 Å². The van der Waals surface area contributed by atoms with Crippen LogP contribution in [0.4, 0.5) is 34.1 Å². The molecule has 0 heterocycles. The van der Waals surface area contributed by atoms with Crippen LogP contribution in [0.2, 0.25) is 0 Å². The van der Waals surface area contributed by atoms with Crippen molar-refractivity contribution in [2.24, 2.45) is 0 Å². The average molecular weight is 985 g/mol. The van der Waals surface area contributed by atoms with Gasteiger partial charge in [0.05, 0.1) is 0 Å². The number of anilines is 6. The number of nitrogens with zero attached hydrogens (tertiary/aromatic N) is 2. The summed E-state index contributed by atoms with van der Waals surface area (Å²) >= 11 is 0. The van der Waals surface area contributed by atoms with E-state index in [9.17, 15) is 0 Å². The van der Waals surface area contributed by atoms with Crippen molar-refractivity contribution < 1.29 is 0 Å². The van der Waals surface area contributed by atoms with Crippen LogP contribution in [0.25, 0.3) is 77.9 Å². The number of benzene rings is 12. The zero-order valence-corrected chi connectivity index (χ0v) is 43.3. The summed E-state index contributed by atoms with van der Waals surface area (Å²) in [7, 11) is 0. The van der Waals surface area contributed by atoms with E-state index in [1.165, 1.54) is 89.0 Å². The lowest BCUT2D eigenvalue weighted by molar-refractivity contribution is 0.660. The Balaban J connectivity index is 0.845. The van der Waals surface area contributed by atoms with Crippen LogP contribution in [-0.2, 0) is 5.41 Å². The van der Waals surface area contributed by atoms with Gasteiger partial charge in [-0.25, -0.2) is 0 Å². The smallest absolute Gasteiger partial charge is 0.0465 e. The Bertz CT molecular complexity index is 3870. The van der Waals surface area contributed by atoms with Gasteiger partial charge in [0.15, 0.2) is 0 Å². The largest absolute Gasteiger partial charge is 0.310 e. The number of para-hydroxylation sites is 1. The van der Waals surface area contributed by atoms with Crippen LogP contribution in [0.5, 0.6) is 0 Å². The summed E-state index contributed by atoms with van der Waals surface area (Å²) in [6.07, 6.45) is 0. The second-order valence-electron chi connectivity index (χ2n) is 20.6. The van der Waals surface area contributed by atoms with Gasteiger partial charge < -0.3 is 9.80 Å². The fraction of sp³-hybridized carbons (Fsp3) is 0.0400. The van der Waals surface area contributed by atoms with E-state index < -0.39 is 0 Å². The molecule has 0 saturated heterocycles. The Labute approximate surface area is 453 Å². The minimum absolute atomic E-state index is 0.290. The zero-order valence-electron chi connectivity index (χ0n) is 43.3. The van der Waals surface area contributed by atoms with Crippen molar-refractivity contribution >= 4 is 34.1 Å². The molecule has 2 heteroatoms. The molecule has 0 N–H and O–H groups in total. The Morgan fingerprint density at radius 3 is 0.766 bits per heavy atom. The van der Waals surface area contributed by atoms with Crippen LogP contribution in [-0.4, -0.2) is 0 Å². The van der Waals surface area contributed by atoms with Crippen LogP contribution in [0.3, 0.4) is 0 Å². The van der Waals surface area contributed by atoms with Crippen LogP contribution in [0.1, 0.15) is 25.0 Å². The van der Waals surface area contributed by atoms with E-state index in [-0.39, 0.29) is 5.41 Å². The fourth-order valence-corrected chi connectivity index (χ4v) is 11.4. The van der Waals surface area contributed by atoms with Crippen molar-refractivity contribution in [2.75, 3.05) is 9.80 Å². The average Bonchev–Trinajstić information content (AvgIpc) is 3.73. The highest BCUT2D eigenvalue weighted by Crippen LogP contribution is 2.53. The molecule has 2 nitrogen and oxygen atoms in total. The highest BCUT2D eigenvalue weighted by atomic mass is 15.1. The maximum Gasteiger partial charge on any atom is 0.0465 e. The molecule has 0 saturated carbocycles. The van der Waals surface area contributed by atoms with Crippen molar-refractivity contribution in [3.05, 3.63) is 314 Å². The molecule has 77 heavy (non-hydrogen) atoms. The number of rotatable bonds is 12. The Hall–Kier alpha value is -9.76. The van der Waals surface area contributed by atoms with Gasteiger partial charge in [-0.05, 0) is 174 Å². The molecule has 1 aliphatic carbocycles. The van der Waals surface area contributed by atoms with E-state index in [0.29, 0.717) is 0 Å². The number of fused-ring (bicyclic) bond motifs is 3. The van der Waals surface area contributed by atoms with Gasteiger partial charge in [0, 0.05) is 39.5 Å². The van der Waals surface area contributed by atoms with Gasteiger partial charge in [0.1, 0.15) is 0 Å². The highest BCUT2D eigenvalue weighted by Gasteiger charge is 2.37. The topological polar surface area (TPSA) is 6.48 Å². The summed E-state index contributed by atoms with van der Waals surface area (Å²) < 4.78 is 0. The van der Waals surface area contributed by atoms with E-state index in [1.807, 2.05) is 0 Å². The minimum atomic E-state index is -0.290. The number of hydrogen-bond acceptors (Lipinski definition) is 2. The van der Waals surface area contributed by atoms with Gasteiger partial charge in [-0.3, -0.25) is 0 Å². The predicted octanol–water partition coefficient (Wildman–Crippen LogP) is 20.9. The standard InChI is InChI=1S/C75H56N2/c1-75(2)73-51-69(76(65-27-13-6-14-28-65)66-39-33-58(34-40-66)57-31-29-56(30-32-57)53-17-7-3-8-18-53)45-47-71(73)72-48-46-70(52-74(72)75)77(67-41-35-59(36-42-67)63-25-15-23-61(49-63)54-19-9-4-10-20-54)68-43-37-60(38-44-68)64-26-16-24-62(50-64)55-21-11-5-12-22-55/h3-52H,1-2H3. The molecule has 0 atom stereocenters. The third-order valence-corrected chi connectivity index (χ3v) is 15.5. The van der Waals surface area contributed by atoms with Gasteiger partial charge in [0.2, 0.25) is 0 Å². The lowest BCUT2D eigenvalue weighted by Crippen LogP contribution is -2.17. The first kappa shape index (κ1) is 47.0. The van der Waals surface area contributed by atoms with Crippen LogP contribution in [0.15, 0.2) is 303 Å². The SMILES string of the molecule is CC1(C)c2cc(N(c3ccccc3)c3ccc(-c4ccc(-c5ccccc5)cc4)cc3)ccc2-c2ccc(N(c3ccc(-c4cccc(-c5ccccc5)c4)cc3)c3ccc(-c4cccc(-c5ccccc5)c4)cc3)cc21. The van der Waals surface area contributed by atoms with Crippen molar-refractivity contribution in [1.82, 2.24) is 0 Å². The molecule has 0 radical (unpaired) electrons. The second kappa shape index (κ2) is 20.2. The summed E-state index contributed by atoms with van der Waals surface area (Å²) in [5.41, 5.74) is 25.9. The van der Waals surface area contributed by atoms with Gasteiger partial charge in [-0.2, -0.15) is 0 Å². The minimum Gasteiger partial charge on any atom is -0.310 e. The van der Waals surface area contributed by atoms with Gasteiger partial charge in [-0.15, -0.1) is 0 Å². The first-order valence-corrected chi connectivity index (χ1v) is 26.6. The van der Waals surface area contributed by atoms with Crippen LogP contribution in [0, 0.1) is 0 Å². The fourth-order valence-electron chi connectivity index (χ4n) is 11.4. The normalized spacial score (nSPS) is 12.1. The third kappa shape index (κ3) is 9.21. The van der Waals surface area contributed by atoms with Crippen molar-refractivity contribution in [2.45, 2.75) is 19.3 Å². The lowest BCUT2D eigenvalue weighted by Gasteiger charge is -2.29. The molecule has 12 aromatic rings. The van der Waals surface area contributed by atoms with Crippen LogP contribution < -0.4 is 9.80 Å². The van der Waals surface area contributed by atoms with Crippen molar-refractivity contribution in [1.29, 1.82) is 0 Å². The maximum absolute atomic E-state index is 2.43. The van der Waals surface area contributed by atoms with E-state index in [0.717, 1.165) is 34.1 Å². The van der Waals surface area contributed by atoms with Crippen molar-refractivity contribution in [3.8, 4) is 77.9 Å². The van der Waals surface area contributed by atoms with Gasteiger partial charge >= 0.3 is 0 Å². The Kier molecular flexibility index (Phi) is 12.3. The molecule has 366 valence electrons. The van der Waals surface area contributed by atoms with E-state index in [2.05, 4.69) is 327 Å². The summed E-state index contributed by atoms with van der Waals surface area (Å²) in [5.74, 6) is 0. The Morgan fingerprint density at radius 1 is 0.195 bits per heavy atom. The van der Waals surface area contributed by atoms with Gasteiger partial charge in [0.25, 0.3) is 0 Å². The molecule has 0 spiro atoms. The highest BCUT2D eigenvalue weighted by molar-refractivity contribution is 5.89. The quantitative estimate of drug-likeness (QED) is 0.120. The third-order valence-electron chi connectivity index (χ3n) is 15.5. The predicted molar refractivity (Wildman–Crippen MR) is 326 cm³/mol. The molecule has 12 aromatic carbocycles. The second-order valence-corrected chi connectivity index (χ2v) is 20.6. The summed E-state index contributed by atoms with van der Waals surface area (Å²) in [4.78, 5) is 4.80. The molecule has 0 aromatic heterocycles. The molecule has 0 bridgehead atoms. The molecule has 0 amide bonds. The molecule has 0 aliphatic heterocycles. The number of hydrogen-bond donors (Lipinski definition) is 0. The van der Waals surface area contributed by atoms with Crippen molar-refractivity contribution in [3.63, 3.8) is 0 Å². The zero-order chi connectivity index (χ0) is 51.7. The van der Waals surface area contributed by atoms with E-state index in [1.54, 1.807) is 0 Å². The van der Waals surface area contributed by atoms with Crippen LogP contribution >= 0.6 is 0 Å². The molecular formula is C75H56N2. The molecule has 0 fully saturated rings. The Morgan fingerprint density at radius 2 is 0.429 bits per heavy atom. The van der Waals surface area contributed by atoms with Gasteiger partial charge in [-0.1, -0.05) is 232 Å². The van der Waals surface area contributed by atoms with E-state index in [4.69, 9.17) is 0 Å². The monoisotopic (exact) mass is 984 g/mol. The summed E-state index contributed by atoms with van der Waals surface area (Å²) in [5, 5.41) is 0. The molecule has 0 unspecified atom stereocenters. The summed E-state index contributed by atoms with van der Waals surface area (Å²) in [6, 6.07) is 110. The lowest BCUT2D eigenvalue weighted by atomic mass is 9.82. The maximum atomic E-state index is 2.43.